The number of benzene rings is 2. The van der Waals surface area contributed by atoms with Crippen LogP contribution in [0.5, 0.6) is 0 Å². The smallest absolute Gasteiger partial charge is 0.303 e. The van der Waals surface area contributed by atoms with E-state index in [9.17, 15) is 14.7 Å². The Labute approximate surface area is 206 Å². The van der Waals surface area contributed by atoms with Gasteiger partial charge in [0.15, 0.2) is 6.29 Å². The molecule has 3 atom stereocenters. The number of hydrogen-bond acceptors (Lipinski definition) is 6. The monoisotopic (exact) mass is 482 g/mol. The molecule has 188 valence electrons. The Hall–Kier alpha value is -3.04. The van der Waals surface area contributed by atoms with Gasteiger partial charge in [-0.1, -0.05) is 54.6 Å². The SMILES string of the molecule is C=CCN(C)C[C@H]1C[C@@H](c2ccc(CO)cc2)O[C@@H](c2ccc(CNC(=O)CCC(=O)O)cc2)O1. The molecule has 1 heterocycles. The number of carbonyl (C=O) groups excluding carboxylic acids is 1. The lowest BCUT2D eigenvalue weighted by molar-refractivity contribution is -0.252. The molecule has 1 amide bonds. The van der Waals surface area contributed by atoms with Gasteiger partial charge >= 0.3 is 5.97 Å². The molecule has 1 aliphatic rings. The maximum Gasteiger partial charge on any atom is 0.303 e. The van der Waals surface area contributed by atoms with Crippen molar-refractivity contribution in [1.29, 1.82) is 0 Å². The maximum atomic E-state index is 11.8. The number of ether oxygens (including phenoxy) is 2. The lowest BCUT2D eigenvalue weighted by Crippen LogP contribution is -2.37. The molecule has 3 N–H and O–H groups in total. The first kappa shape index (κ1) is 26.6. The molecule has 8 heteroatoms. The summed E-state index contributed by atoms with van der Waals surface area (Å²) in [6.45, 7) is 5.62. The van der Waals surface area contributed by atoms with Gasteiger partial charge in [0.05, 0.1) is 25.2 Å². The average molecular weight is 483 g/mol. The highest BCUT2D eigenvalue weighted by Gasteiger charge is 2.32. The molecule has 35 heavy (non-hydrogen) atoms. The largest absolute Gasteiger partial charge is 0.481 e. The van der Waals surface area contributed by atoms with E-state index in [2.05, 4.69) is 16.8 Å². The summed E-state index contributed by atoms with van der Waals surface area (Å²) in [5.41, 5.74) is 3.66. The molecule has 2 aromatic rings. The van der Waals surface area contributed by atoms with Crippen molar-refractivity contribution in [1.82, 2.24) is 10.2 Å². The summed E-state index contributed by atoms with van der Waals surface area (Å²) < 4.78 is 12.7. The molecule has 0 aliphatic carbocycles. The minimum atomic E-state index is -0.992. The quantitative estimate of drug-likeness (QED) is 0.398. The Bertz CT molecular complexity index is 976. The Kier molecular flexibility index (Phi) is 9.98. The van der Waals surface area contributed by atoms with E-state index >= 15 is 0 Å². The van der Waals surface area contributed by atoms with Crippen molar-refractivity contribution >= 4 is 11.9 Å². The second kappa shape index (κ2) is 13.2. The van der Waals surface area contributed by atoms with Crippen LogP contribution in [-0.4, -0.2) is 53.2 Å². The zero-order valence-electron chi connectivity index (χ0n) is 20.1. The Morgan fingerprint density at radius 2 is 1.71 bits per heavy atom. The molecule has 0 bridgehead atoms. The molecule has 0 unspecified atom stereocenters. The number of nitrogens with zero attached hydrogens (tertiary/aromatic N) is 1. The highest BCUT2D eigenvalue weighted by atomic mass is 16.7. The molecule has 3 rings (SSSR count). The number of aliphatic hydroxyl groups excluding tert-OH is 1. The fourth-order valence-corrected chi connectivity index (χ4v) is 3.98. The number of amides is 1. The van der Waals surface area contributed by atoms with Crippen LogP contribution in [0.4, 0.5) is 0 Å². The van der Waals surface area contributed by atoms with Gasteiger partial charge in [0, 0.05) is 38.0 Å². The zero-order chi connectivity index (χ0) is 25.2. The normalized spacial score (nSPS) is 19.9. The molecule has 8 nitrogen and oxygen atoms in total. The van der Waals surface area contributed by atoms with Gasteiger partial charge in [-0.15, -0.1) is 6.58 Å². The molecule has 1 aliphatic heterocycles. The van der Waals surface area contributed by atoms with Crippen molar-refractivity contribution < 1.29 is 29.3 Å². The standard InChI is InChI=1S/C27H34N2O6/c1-3-14-29(2)17-23-15-24(21-8-6-20(18-30)7-9-21)35-27(34-23)22-10-4-19(5-11-22)16-28-25(31)12-13-26(32)33/h3-11,23-24,27,30H,1,12-18H2,2H3,(H,28,31)(H,32,33)/t23-,24+,27+/m1/s1. The van der Waals surface area contributed by atoms with E-state index < -0.39 is 12.3 Å². The number of carbonyl (C=O) groups is 2. The van der Waals surface area contributed by atoms with E-state index in [0.29, 0.717) is 13.0 Å². The summed E-state index contributed by atoms with van der Waals surface area (Å²) in [4.78, 5) is 24.5. The van der Waals surface area contributed by atoms with Crippen molar-refractivity contribution in [3.05, 3.63) is 83.4 Å². The fraction of sp³-hybridized carbons (Fsp3) is 0.407. The molecule has 1 fully saturated rings. The molecule has 0 aromatic heterocycles. The van der Waals surface area contributed by atoms with Crippen LogP contribution in [0.2, 0.25) is 0 Å². The molecule has 0 saturated carbocycles. The third-order valence-corrected chi connectivity index (χ3v) is 5.88. The highest BCUT2D eigenvalue weighted by Crippen LogP contribution is 2.38. The number of carboxylic acid groups (broad SMARTS) is 1. The summed E-state index contributed by atoms with van der Waals surface area (Å²) in [5, 5.41) is 20.8. The summed E-state index contributed by atoms with van der Waals surface area (Å²) in [7, 11) is 2.03. The van der Waals surface area contributed by atoms with Gasteiger partial charge in [-0.05, 0) is 23.7 Å². The van der Waals surface area contributed by atoms with Gasteiger partial charge in [0.1, 0.15) is 0 Å². The second-order valence-electron chi connectivity index (χ2n) is 8.77. The van der Waals surface area contributed by atoms with Crippen LogP contribution in [0.25, 0.3) is 0 Å². The van der Waals surface area contributed by atoms with E-state index in [0.717, 1.165) is 35.3 Å². The Morgan fingerprint density at radius 3 is 2.34 bits per heavy atom. The van der Waals surface area contributed by atoms with E-state index in [4.69, 9.17) is 14.6 Å². The lowest BCUT2D eigenvalue weighted by Gasteiger charge is -2.37. The molecule has 1 saturated heterocycles. The van der Waals surface area contributed by atoms with Gasteiger partial charge in [0.25, 0.3) is 0 Å². The summed E-state index contributed by atoms with van der Waals surface area (Å²) in [6.07, 6.45) is 1.59. The minimum Gasteiger partial charge on any atom is -0.481 e. The van der Waals surface area contributed by atoms with Crippen LogP contribution in [-0.2, 0) is 32.2 Å². The second-order valence-corrected chi connectivity index (χ2v) is 8.77. The minimum absolute atomic E-state index is 0.00112. The van der Waals surface area contributed by atoms with Crippen molar-refractivity contribution in [2.75, 3.05) is 20.1 Å². The summed E-state index contributed by atoms with van der Waals surface area (Å²) in [6, 6.07) is 15.4. The Morgan fingerprint density at radius 1 is 1.06 bits per heavy atom. The van der Waals surface area contributed by atoms with E-state index in [1.54, 1.807) is 0 Å². The number of rotatable bonds is 12. The summed E-state index contributed by atoms with van der Waals surface area (Å²) in [5.74, 6) is -1.29. The van der Waals surface area contributed by atoms with E-state index in [1.165, 1.54) is 0 Å². The van der Waals surface area contributed by atoms with Crippen molar-refractivity contribution in [3.63, 3.8) is 0 Å². The van der Waals surface area contributed by atoms with Crippen LogP contribution >= 0.6 is 0 Å². The van der Waals surface area contributed by atoms with Crippen molar-refractivity contribution in [2.24, 2.45) is 0 Å². The van der Waals surface area contributed by atoms with Crippen molar-refractivity contribution in [2.45, 2.75) is 50.9 Å². The third kappa shape index (κ3) is 8.29. The third-order valence-electron chi connectivity index (χ3n) is 5.88. The fourth-order valence-electron chi connectivity index (χ4n) is 3.98. The topological polar surface area (TPSA) is 108 Å². The van der Waals surface area contributed by atoms with Gasteiger partial charge in [0.2, 0.25) is 5.91 Å². The average Bonchev–Trinajstić information content (AvgIpc) is 2.86. The predicted molar refractivity (Wildman–Crippen MR) is 131 cm³/mol. The van der Waals surface area contributed by atoms with Crippen molar-refractivity contribution in [3.8, 4) is 0 Å². The zero-order valence-corrected chi connectivity index (χ0v) is 20.1. The molecular formula is C27H34N2O6. The van der Waals surface area contributed by atoms with E-state index in [1.807, 2.05) is 61.7 Å². The number of nitrogens with one attached hydrogen (secondary N) is 1. The first-order valence-corrected chi connectivity index (χ1v) is 11.7. The Balaban J connectivity index is 1.68. The lowest BCUT2D eigenvalue weighted by atomic mass is 9.99. The van der Waals surface area contributed by atoms with Gasteiger partial charge in [-0.2, -0.15) is 0 Å². The van der Waals surface area contributed by atoms with Crippen LogP contribution < -0.4 is 5.32 Å². The number of aliphatic hydroxyl groups is 1. The number of aliphatic carboxylic acids is 1. The molecule has 0 radical (unpaired) electrons. The van der Waals surface area contributed by atoms with Gasteiger partial charge in [-0.3, -0.25) is 9.59 Å². The first-order chi connectivity index (χ1) is 16.9. The number of likely N-dealkylation sites (N-methyl/N-ethyl adjacent to an activating group) is 1. The highest BCUT2D eigenvalue weighted by molar-refractivity contribution is 5.80. The van der Waals surface area contributed by atoms with Crippen LogP contribution in [0, 0.1) is 0 Å². The molecule has 2 aromatic carbocycles. The van der Waals surface area contributed by atoms with E-state index in [-0.39, 0.29) is 37.6 Å². The van der Waals surface area contributed by atoms with Crippen LogP contribution in [0.3, 0.4) is 0 Å². The maximum absolute atomic E-state index is 11.8. The number of carboxylic acids is 1. The molecular weight excluding hydrogens is 448 g/mol. The van der Waals surface area contributed by atoms with Crippen LogP contribution in [0.1, 0.15) is 53.9 Å². The van der Waals surface area contributed by atoms with Gasteiger partial charge < -0.3 is 29.9 Å². The van der Waals surface area contributed by atoms with Gasteiger partial charge in [-0.25, -0.2) is 0 Å². The van der Waals surface area contributed by atoms with Crippen LogP contribution in [0.15, 0.2) is 61.2 Å². The number of hydrogen-bond donors (Lipinski definition) is 3. The molecule has 0 spiro atoms. The first-order valence-electron chi connectivity index (χ1n) is 11.7. The summed E-state index contributed by atoms with van der Waals surface area (Å²) >= 11 is 0. The predicted octanol–water partition coefficient (Wildman–Crippen LogP) is 3.32.